The second-order valence-electron chi connectivity index (χ2n) is 3.99. The van der Waals surface area contributed by atoms with Crippen LogP contribution >= 0.6 is 22.6 Å². The van der Waals surface area contributed by atoms with Gasteiger partial charge in [0.2, 0.25) is 0 Å². The minimum Gasteiger partial charge on any atom is -0.395 e. The quantitative estimate of drug-likeness (QED) is 0.614. The van der Waals surface area contributed by atoms with Crippen LogP contribution in [-0.2, 0) is 6.18 Å². The van der Waals surface area contributed by atoms with E-state index in [2.05, 4.69) is 27.9 Å². The van der Waals surface area contributed by atoms with Crippen molar-refractivity contribution in [3.8, 4) is 0 Å². The first-order valence-corrected chi connectivity index (χ1v) is 6.76. The number of halogens is 4. The summed E-state index contributed by atoms with van der Waals surface area (Å²) in [5, 5.41) is 11.8. The standard InChI is InChI=1S/C12H15F3INO/c1-8(17-5-6-18)11(16)9-3-2-4-10(7-9)12(13,14)15/h2-4,7-8,11,17-18H,5-6H2,1H3. The summed E-state index contributed by atoms with van der Waals surface area (Å²) in [6.07, 6.45) is -4.31. The molecule has 6 heteroatoms. The van der Waals surface area contributed by atoms with Crippen LogP contribution < -0.4 is 5.32 Å². The number of aliphatic hydroxyl groups is 1. The van der Waals surface area contributed by atoms with Crippen LogP contribution in [0, 0.1) is 0 Å². The molecule has 0 amide bonds. The fraction of sp³-hybridized carbons (Fsp3) is 0.500. The fourth-order valence-electron chi connectivity index (χ4n) is 1.57. The lowest BCUT2D eigenvalue weighted by molar-refractivity contribution is -0.137. The first-order chi connectivity index (χ1) is 8.36. The van der Waals surface area contributed by atoms with Gasteiger partial charge in [-0.25, -0.2) is 0 Å². The average Bonchev–Trinajstić information content (AvgIpc) is 2.34. The molecule has 0 aliphatic carbocycles. The number of hydrogen-bond donors (Lipinski definition) is 2. The Morgan fingerprint density at radius 3 is 2.61 bits per heavy atom. The monoisotopic (exact) mass is 373 g/mol. The Kier molecular flexibility index (Phi) is 5.87. The van der Waals surface area contributed by atoms with E-state index in [0.29, 0.717) is 12.1 Å². The Morgan fingerprint density at radius 2 is 2.06 bits per heavy atom. The van der Waals surface area contributed by atoms with Gasteiger partial charge in [-0.15, -0.1) is 0 Å². The molecule has 0 heterocycles. The van der Waals surface area contributed by atoms with E-state index < -0.39 is 11.7 Å². The smallest absolute Gasteiger partial charge is 0.395 e. The number of aliphatic hydroxyl groups excluding tert-OH is 1. The Labute approximate surface area is 118 Å². The summed E-state index contributed by atoms with van der Waals surface area (Å²) in [6, 6.07) is 5.33. The summed E-state index contributed by atoms with van der Waals surface area (Å²) in [6.45, 7) is 2.32. The first kappa shape index (κ1) is 15.7. The lowest BCUT2D eigenvalue weighted by Crippen LogP contribution is -2.32. The van der Waals surface area contributed by atoms with Crippen LogP contribution in [0.15, 0.2) is 24.3 Å². The molecule has 0 bridgehead atoms. The summed E-state index contributed by atoms with van der Waals surface area (Å²) in [5.41, 5.74) is -0.000566. The lowest BCUT2D eigenvalue weighted by Gasteiger charge is -2.20. The number of benzene rings is 1. The minimum atomic E-state index is -4.31. The summed E-state index contributed by atoms with van der Waals surface area (Å²) in [5.74, 6) is 0. The van der Waals surface area contributed by atoms with Crippen molar-refractivity contribution in [2.75, 3.05) is 13.2 Å². The van der Waals surface area contributed by atoms with E-state index in [1.807, 2.05) is 6.92 Å². The van der Waals surface area contributed by atoms with Crippen molar-refractivity contribution in [1.29, 1.82) is 0 Å². The minimum absolute atomic E-state index is 0.0102. The van der Waals surface area contributed by atoms with Crippen molar-refractivity contribution < 1.29 is 18.3 Å². The largest absolute Gasteiger partial charge is 0.416 e. The predicted molar refractivity (Wildman–Crippen MR) is 72.8 cm³/mol. The molecule has 0 aromatic heterocycles. The summed E-state index contributed by atoms with van der Waals surface area (Å²) >= 11 is 2.11. The van der Waals surface area contributed by atoms with Crippen LogP contribution in [0.3, 0.4) is 0 Å². The maximum Gasteiger partial charge on any atom is 0.416 e. The van der Waals surface area contributed by atoms with Gasteiger partial charge in [0.1, 0.15) is 0 Å². The molecule has 0 radical (unpaired) electrons. The van der Waals surface area contributed by atoms with Crippen LogP contribution in [0.2, 0.25) is 0 Å². The third-order valence-electron chi connectivity index (χ3n) is 2.55. The van der Waals surface area contributed by atoms with Crippen molar-refractivity contribution in [1.82, 2.24) is 5.32 Å². The highest BCUT2D eigenvalue weighted by Gasteiger charge is 2.31. The maximum absolute atomic E-state index is 12.6. The van der Waals surface area contributed by atoms with Gasteiger partial charge < -0.3 is 10.4 Å². The number of alkyl halides is 4. The summed E-state index contributed by atoms with van der Waals surface area (Å²) < 4.78 is 37.7. The summed E-state index contributed by atoms with van der Waals surface area (Å²) in [7, 11) is 0. The zero-order valence-electron chi connectivity index (χ0n) is 9.84. The molecule has 0 aliphatic rings. The first-order valence-electron chi connectivity index (χ1n) is 5.51. The molecular formula is C12H15F3INO. The molecule has 0 spiro atoms. The van der Waals surface area contributed by atoms with Gasteiger partial charge in [-0.1, -0.05) is 40.8 Å². The summed E-state index contributed by atoms with van der Waals surface area (Å²) in [4.78, 5) is 0. The van der Waals surface area contributed by atoms with E-state index in [9.17, 15) is 13.2 Å². The molecule has 1 aromatic rings. The number of hydrogen-bond acceptors (Lipinski definition) is 2. The van der Waals surface area contributed by atoms with Gasteiger partial charge in [0.15, 0.2) is 0 Å². The van der Waals surface area contributed by atoms with Gasteiger partial charge in [0.05, 0.1) is 16.1 Å². The molecule has 102 valence electrons. The zero-order chi connectivity index (χ0) is 13.8. The van der Waals surface area contributed by atoms with E-state index in [0.717, 1.165) is 6.07 Å². The Hall–Kier alpha value is -0.340. The number of nitrogens with one attached hydrogen (secondary N) is 1. The second-order valence-corrected chi connectivity index (χ2v) is 5.33. The van der Waals surface area contributed by atoms with Gasteiger partial charge in [0, 0.05) is 12.6 Å². The normalized spacial score (nSPS) is 15.4. The third kappa shape index (κ3) is 4.40. The van der Waals surface area contributed by atoms with Crippen LogP contribution in [0.1, 0.15) is 22.0 Å². The lowest BCUT2D eigenvalue weighted by atomic mass is 10.0. The second kappa shape index (κ2) is 6.72. The van der Waals surface area contributed by atoms with Gasteiger partial charge in [0.25, 0.3) is 0 Å². The van der Waals surface area contributed by atoms with Crippen molar-refractivity contribution in [2.45, 2.75) is 23.1 Å². The fourth-order valence-corrected chi connectivity index (χ4v) is 2.21. The molecule has 18 heavy (non-hydrogen) atoms. The third-order valence-corrected chi connectivity index (χ3v) is 4.35. The van der Waals surface area contributed by atoms with Crippen LogP contribution in [-0.4, -0.2) is 24.3 Å². The van der Waals surface area contributed by atoms with Crippen LogP contribution in [0.25, 0.3) is 0 Å². The van der Waals surface area contributed by atoms with E-state index in [-0.39, 0.29) is 16.6 Å². The molecule has 1 aromatic carbocycles. The molecule has 0 saturated carbocycles. The van der Waals surface area contributed by atoms with Gasteiger partial charge in [-0.05, 0) is 18.6 Å². The Balaban J connectivity index is 2.83. The van der Waals surface area contributed by atoms with Gasteiger partial charge in [-0.2, -0.15) is 13.2 Å². The molecule has 2 atom stereocenters. The van der Waals surface area contributed by atoms with E-state index in [1.54, 1.807) is 6.07 Å². The molecule has 0 aliphatic heterocycles. The van der Waals surface area contributed by atoms with Crippen LogP contribution in [0.5, 0.6) is 0 Å². The highest BCUT2D eigenvalue weighted by molar-refractivity contribution is 14.1. The topological polar surface area (TPSA) is 32.3 Å². The molecule has 2 nitrogen and oxygen atoms in total. The highest BCUT2D eigenvalue weighted by Crippen LogP contribution is 2.33. The Morgan fingerprint density at radius 1 is 1.39 bits per heavy atom. The SMILES string of the molecule is CC(NCCO)C(I)c1cccc(C(F)(F)F)c1. The zero-order valence-corrected chi connectivity index (χ0v) is 12.0. The average molecular weight is 373 g/mol. The maximum atomic E-state index is 12.6. The molecule has 2 N–H and O–H groups in total. The Bertz CT molecular complexity index is 384. The van der Waals surface area contributed by atoms with E-state index in [4.69, 9.17) is 5.11 Å². The highest BCUT2D eigenvalue weighted by atomic mass is 127. The molecule has 0 saturated heterocycles. The van der Waals surface area contributed by atoms with Crippen molar-refractivity contribution in [2.24, 2.45) is 0 Å². The molecular weight excluding hydrogens is 358 g/mol. The van der Waals surface area contributed by atoms with E-state index >= 15 is 0 Å². The van der Waals surface area contributed by atoms with Crippen molar-refractivity contribution in [3.63, 3.8) is 0 Å². The molecule has 1 rings (SSSR count). The van der Waals surface area contributed by atoms with Crippen molar-refractivity contribution in [3.05, 3.63) is 35.4 Å². The van der Waals surface area contributed by atoms with Gasteiger partial charge >= 0.3 is 6.18 Å². The predicted octanol–water partition coefficient (Wildman–Crippen LogP) is 3.15. The van der Waals surface area contributed by atoms with Gasteiger partial charge in [-0.3, -0.25) is 0 Å². The molecule has 2 unspecified atom stereocenters. The number of rotatable bonds is 5. The molecule has 0 fully saturated rings. The van der Waals surface area contributed by atoms with Crippen LogP contribution in [0.4, 0.5) is 13.2 Å². The van der Waals surface area contributed by atoms with E-state index in [1.165, 1.54) is 12.1 Å². The van der Waals surface area contributed by atoms with Crippen molar-refractivity contribution >= 4 is 22.6 Å².